The Morgan fingerprint density at radius 3 is 2.37 bits per heavy atom. The van der Waals surface area contributed by atoms with E-state index < -0.39 is 0 Å². The van der Waals surface area contributed by atoms with Crippen molar-refractivity contribution in [2.45, 2.75) is 51.5 Å². The van der Waals surface area contributed by atoms with E-state index in [-0.39, 0.29) is 17.7 Å². The molecular weight excluding hydrogens is 570 g/mol. The largest absolute Gasteiger partial charge is 0.370 e. The van der Waals surface area contributed by atoms with E-state index in [1.807, 2.05) is 11.0 Å². The zero-order valence-electron chi connectivity index (χ0n) is 26.6. The van der Waals surface area contributed by atoms with Crippen molar-refractivity contribution in [1.82, 2.24) is 9.88 Å². The third-order valence-electron chi connectivity index (χ3n) is 9.51. The number of hydrogen-bond acceptors (Lipinski definition) is 5. The van der Waals surface area contributed by atoms with Gasteiger partial charge in [0, 0.05) is 44.5 Å². The highest BCUT2D eigenvalue weighted by Gasteiger charge is 2.27. The van der Waals surface area contributed by atoms with Crippen LogP contribution in [0.3, 0.4) is 0 Å². The molecule has 7 heteroatoms. The van der Waals surface area contributed by atoms with Crippen LogP contribution in [-0.4, -0.2) is 47.9 Å². The Morgan fingerprint density at radius 1 is 0.870 bits per heavy atom. The minimum atomic E-state index is -0.0511. The number of hydrogen-bond donors (Lipinski definition) is 2. The summed E-state index contributed by atoms with van der Waals surface area (Å²) >= 11 is 0. The van der Waals surface area contributed by atoms with Crippen LogP contribution in [0.15, 0.2) is 97.3 Å². The van der Waals surface area contributed by atoms with E-state index >= 15 is 0 Å². The van der Waals surface area contributed by atoms with E-state index in [0.717, 1.165) is 86.1 Å². The van der Waals surface area contributed by atoms with E-state index in [2.05, 4.69) is 81.9 Å². The first kappa shape index (κ1) is 31.5. The molecule has 1 aliphatic heterocycles. The van der Waals surface area contributed by atoms with Crippen LogP contribution in [0.1, 0.15) is 60.0 Å². The lowest BCUT2D eigenvalue weighted by atomic mass is 9.84. The van der Waals surface area contributed by atoms with Crippen molar-refractivity contribution >= 4 is 23.2 Å². The first-order valence-electron chi connectivity index (χ1n) is 16.8. The Balaban J connectivity index is 1.21. The first-order valence-corrected chi connectivity index (χ1v) is 16.8. The van der Waals surface area contributed by atoms with Crippen molar-refractivity contribution < 1.29 is 9.59 Å². The summed E-state index contributed by atoms with van der Waals surface area (Å²) in [6.45, 7) is 3.51. The van der Waals surface area contributed by atoms with Gasteiger partial charge in [-0.25, -0.2) is 0 Å². The highest BCUT2D eigenvalue weighted by Crippen LogP contribution is 2.36. The van der Waals surface area contributed by atoms with Crippen LogP contribution < -0.4 is 16.0 Å². The summed E-state index contributed by atoms with van der Waals surface area (Å²) in [5, 5.41) is 3.32. The molecule has 0 spiro atoms. The maximum Gasteiger partial charge on any atom is 0.255 e. The second-order valence-electron chi connectivity index (χ2n) is 12.8. The first-order chi connectivity index (χ1) is 22.6. The Labute approximate surface area is 272 Å². The van der Waals surface area contributed by atoms with Crippen LogP contribution in [0, 0.1) is 11.8 Å². The van der Waals surface area contributed by atoms with Crippen LogP contribution in [0.4, 0.5) is 11.4 Å². The predicted molar refractivity (Wildman–Crippen MR) is 186 cm³/mol. The SMILES string of the molecule is NCCCN(Cc1cccc(-c2ccc(N3CCC(Cc4ccccc4)CC3)c(NC(=O)C3CCC3)c2)c1)C(=O)c1cccnc1. The summed E-state index contributed by atoms with van der Waals surface area (Å²) in [6.07, 6.45) is 10.4. The molecule has 1 aliphatic carbocycles. The quantitative estimate of drug-likeness (QED) is 0.180. The highest BCUT2D eigenvalue weighted by molar-refractivity contribution is 5.97. The number of rotatable bonds is 12. The third kappa shape index (κ3) is 7.83. The monoisotopic (exact) mass is 615 g/mol. The van der Waals surface area contributed by atoms with Gasteiger partial charge in [-0.05, 0) is 104 Å². The molecule has 6 rings (SSSR count). The number of nitrogens with one attached hydrogen (secondary N) is 1. The molecule has 1 saturated carbocycles. The van der Waals surface area contributed by atoms with E-state index in [4.69, 9.17) is 5.73 Å². The normalized spacial score (nSPS) is 15.3. The highest BCUT2D eigenvalue weighted by atomic mass is 16.2. The minimum absolute atomic E-state index is 0.0511. The Kier molecular flexibility index (Phi) is 10.4. The van der Waals surface area contributed by atoms with E-state index in [1.165, 1.54) is 5.56 Å². The molecular formula is C39H45N5O2. The third-order valence-corrected chi connectivity index (χ3v) is 9.51. The number of pyridine rings is 1. The number of aromatic nitrogens is 1. The van der Waals surface area contributed by atoms with Gasteiger partial charge in [0.25, 0.3) is 5.91 Å². The van der Waals surface area contributed by atoms with Gasteiger partial charge in [0.15, 0.2) is 0 Å². The fraction of sp³-hybridized carbons (Fsp3) is 0.359. The van der Waals surface area contributed by atoms with Gasteiger partial charge in [-0.2, -0.15) is 0 Å². The lowest BCUT2D eigenvalue weighted by molar-refractivity contribution is -0.122. The summed E-state index contributed by atoms with van der Waals surface area (Å²) in [5.74, 6) is 0.850. The summed E-state index contributed by atoms with van der Waals surface area (Å²) in [6, 6.07) is 29.2. The molecule has 1 aromatic heterocycles. The average Bonchev–Trinajstić information content (AvgIpc) is 3.07. The second-order valence-corrected chi connectivity index (χ2v) is 12.8. The fourth-order valence-electron chi connectivity index (χ4n) is 6.60. The van der Waals surface area contributed by atoms with Crippen LogP contribution in [0.2, 0.25) is 0 Å². The molecule has 0 bridgehead atoms. The lowest BCUT2D eigenvalue weighted by Gasteiger charge is -2.35. The molecule has 2 fully saturated rings. The van der Waals surface area contributed by atoms with Crippen LogP contribution >= 0.6 is 0 Å². The molecule has 4 aromatic rings. The summed E-state index contributed by atoms with van der Waals surface area (Å²) in [4.78, 5) is 35.0. The number of nitrogens with zero attached hydrogens (tertiary/aromatic N) is 3. The number of amides is 2. The van der Waals surface area contributed by atoms with Crippen LogP contribution in [0.5, 0.6) is 0 Å². The van der Waals surface area contributed by atoms with Crippen LogP contribution in [0.25, 0.3) is 11.1 Å². The molecule has 2 amide bonds. The summed E-state index contributed by atoms with van der Waals surface area (Å²) in [7, 11) is 0. The van der Waals surface area contributed by atoms with Gasteiger partial charge in [-0.15, -0.1) is 0 Å². The van der Waals surface area contributed by atoms with Crippen molar-refractivity contribution in [1.29, 1.82) is 0 Å². The van der Waals surface area contributed by atoms with Crippen molar-refractivity contribution in [3.63, 3.8) is 0 Å². The molecule has 3 aromatic carbocycles. The number of carbonyl (C=O) groups is 2. The van der Waals surface area contributed by atoms with Crippen molar-refractivity contribution in [3.8, 4) is 11.1 Å². The molecule has 7 nitrogen and oxygen atoms in total. The van der Waals surface area contributed by atoms with E-state index in [9.17, 15) is 9.59 Å². The second kappa shape index (κ2) is 15.2. The van der Waals surface area contributed by atoms with Crippen molar-refractivity contribution in [2.75, 3.05) is 36.4 Å². The number of benzene rings is 3. The number of carbonyl (C=O) groups excluding carboxylic acids is 2. The smallest absolute Gasteiger partial charge is 0.255 e. The van der Waals surface area contributed by atoms with Gasteiger partial charge in [0.1, 0.15) is 0 Å². The molecule has 2 aliphatic rings. The van der Waals surface area contributed by atoms with Gasteiger partial charge in [0.2, 0.25) is 5.91 Å². The maximum atomic E-state index is 13.3. The average molecular weight is 616 g/mol. The van der Waals surface area contributed by atoms with Gasteiger partial charge in [-0.3, -0.25) is 14.6 Å². The minimum Gasteiger partial charge on any atom is -0.370 e. The summed E-state index contributed by atoms with van der Waals surface area (Å²) < 4.78 is 0. The summed E-state index contributed by atoms with van der Waals surface area (Å²) in [5.41, 5.74) is 12.9. The topological polar surface area (TPSA) is 91.6 Å². The van der Waals surface area contributed by atoms with Gasteiger partial charge in [0.05, 0.1) is 16.9 Å². The van der Waals surface area contributed by atoms with Gasteiger partial charge < -0.3 is 20.9 Å². The Hall–Kier alpha value is -4.49. The molecule has 2 heterocycles. The van der Waals surface area contributed by atoms with Crippen LogP contribution in [-0.2, 0) is 17.8 Å². The molecule has 1 saturated heterocycles. The molecule has 0 atom stereocenters. The molecule has 3 N–H and O–H groups in total. The van der Waals surface area contributed by atoms with Gasteiger partial charge in [-0.1, -0.05) is 61.0 Å². The fourth-order valence-corrected chi connectivity index (χ4v) is 6.60. The van der Waals surface area contributed by atoms with Crippen molar-refractivity contribution in [2.24, 2.45) is 17.6 Å². The zero-order valence-corrected chi connectivity index (χ0v) is 26.6. The Morgan fingerprint density at radius 2 is 1.65 bits per heavy atom. The Bertz CT molecular complexity index is 1600. The molecule has 0 unspecified atom stereocenters. The maximum absolute atomic E-state index is 13.3. The number of piperidine rings is 1. The predicted octanol–water partition coefficient (Wildman–Crippen LogP) is 6.94. The molecule has 238 valence electrons. The molecule has 0 radical (unpaired) electrons. The van der Waals surface area contributed by atoms with Crippen molar-refractivity contribution in [3.05, 3.63) is 114 Å². The number of nitrogens with two attached hydrogens (primary N) is 1. The zero-order chi connectivity index (χ0) is 31.7. The lowest BCUT2D eigenvalue weighted by Crippen LogP contribution is -2.35. The van der Waals surface area contributed by atoms with E-state index in [0.29, 0.717) is 31.1 Å². The standard InChI is InChI=1S/C39H45N5O2/c40-19-7-21-44(39(46)35-14-6-20-41-27-35)28-31-10-4-13-33(25-31)34-15-16-37(36(26-34)42-38(45)32-11-5-12-32)43-22-17-30(18-23-43)24-29-8-2-1-3-9-29/h1-4,6,8-10,13-16,20,25-27,30,32H,5,7,11-12,17-19,21-24,28,40H2,(H,42,45). The number of anilines is 2. The molecule has 46 heavy (non-hydrogen) atoms. The van der Waals surface area contributed by atoms with Gasteiger partial charge >= 0.3 is 0 Å². The van der Waals surface area contributed by atoms with E-state index in [1.54, 1.807) is 24.5 Å².